The molecule has 0 spiro atoms. The Hall–Kier alpha value is -3.14. The molecule has 1 N–H and O–H groups in total. The van der Waals surface area contributed by atoms with E-state index in [2.05, 4.69) is 11.6 Å². The Morgan fingerprint density at radius 2 is 1.85 bits per heavy atom. The number of halogens is 1. The number of carbonyl (C=O) groups excluding carboxylic acids is 2. The molecule has 0 aliphatic rings. The molecule has 0 bridgehead atoms. The number of ether oxygens (including phenoxy) is 2. The van der Waals surface area contributed by atoms with Crippen molar-refractivity contribution in [3.8, 4) is 5.75 Å². The molecule has 2 aromatic carbocycles. The van der Waals surface area contributed by atoms with E-state index in [-0.39, 0.29) is 22.8 Å². The van der Waals surface area contributed by atoms with Crippen LogP contribution in [-0.2, 0) is 15.3 Å². The second-order valence-corrected chi connectivity index (χ2v) is 8.35. The smallest absolute Gasteiger partial charge is 0.344 e. The Bertz CT molecular complexity index is 972. The minimum Gasteiger partial charge on any atom is -0.481 e. The maximum atomic E-state index is 13.7. The van der Waals surface area contributed by atoms with Crippen LogP contribution < -0.4 is 9.46 Å². The predicted molar refractivity (Wildman–Crippen MR) is 128 cm³/mol. The van der Waals surface area contributed by atoms with Crippen LogP contribution >= 0.6 is 11.9 Å². The quantitative estimate of drug-likeness (QED) is 0.113. The van der Waals surface area contributed by atoms with Crippen molar-refractivity contribution < 1.29 is 28.4 Å². The molecule has 8 nitrogen and oxygen atoms in total. The number of nitro groups is 1. The highest BCUT2D eigenvalue weighted by Gasteiger charge is 2.16. The van der Waals surface area contributed by atoms with Crippen molar-refractivity contribution in [1.82, 2.24) is 4.72 Å². The highest BCUT2D eigenvalue weighted by atomic mass is 32.2. The molecule has 0 heterocycles. The first kappa shape index (κ1) is 27.1. The monoisotopic (exact) mass is 492 g/mol. The maximum absolute atomic E-state index is 13.7. The van der Waals surface area contributed by atoms with Crippen molar-refractivity contribution in [2.45, 2.75) is 51.2 Å². The van der Waals surface area contributed by atoms with Crippen LogP contribution in [0, 0.1) is 15.9 Å². The zero-order chi connectivity index (χ0) is 24.8. The van der Waals surface area contributed by atoms with Crippen LogP contribution in [0.4, 0.5) is 10.1 Å². The molecule has 0 saturated carbocycles. The van der Waals surface area contributed by atoms with Crippen molar-refractivity contribution in [1.29, 1.82) is 0 Å². The molecular weight excluding hydrogens is 463 g/mol. The van der Waals surface area contributed by atoms with Crippen molar-refractivity contribution in [3.63, 3.8) is 0 Å². The number of carbonyl (C=O) groups is 2. The summed E-state index contributed by atoms with van der Waals surface area (Å²) in [5.41, 5.74) is 0.668. The maximum Gasteiger partial charge on any atom is 0.344 e. The summed E-state index contributed by atoms with van der Waals surface area (Å²) in [6.45, 7) is 1.99. The fourth-order valence-corrected chi connectivity index (χ4v) is 3.71. The number of hydrogen-bond acceptors (Lipinski definition) is 7. The summed E-state index contributed by atoms with van der Waals surface area (Å²) in [6.07, 6.45) is 6.39. The summed E-state index contributed by atoms with van der Waals surface area (Å²) in [6, 6.07) is 9.47. The predicted octanol–water partition coefficient (Wildman–Crippen LogP) is 5.59. The average molecular weight is 493 g/mol. The number of nitrogens with one attached hydrogen (secondary N) is 1. The summed E-state index contributed by atoms with van der Waals surface area (Å²) in [7, 11) is 0. The number of hydrogen-bond donors (Lipinski definition) is 1. The van der Waals surface area contributed by atoms with Crippen LogP contribution in [-0.4, -0.2) is 30.0 Å². The standard InChI is InChI=1S/C24H29FN2O6S/c1-2-3-4-5-6-7-13-32-23(28)16-33-22-15-19(25)11-12-21(22)24(29)26-34-17-18-9-8-10-20(14-18)27(30)31/h8-12,14-15H,2-7,13,16-17H2,1H3,(H,26,29). The Morgan fingerprint density at radius 3 is 2.62 bits per heavy atom. The SMILES string of the molecule is CCCCCCCCOC(=O)COc1cc(F)ccc1C(=O)NSCc1cccc([N+](=O)[O-])c1. The Balaban J connectivity index is 1.81. The van der Waals surface area contributed by atoms with Crippen LogP contribution in [0.25, 0.3) is 0 Å². The average Bonchev–Trinajstić information content (AvgIpc) is 2.82. The molecule has 34 heavy (non-hydrogen) atoms. The van der Waals surface area contributed by atoms with Gasteiger partial charge in [-0.1, -0.05) is 51.2 Å². The lowest BCUT2D eigenvalue weighted by atomic mass is 10.1. The number of esters is 1. The second kappa shape index (κ2) is 14.9. The van der Waals surface area contributed by atoms with Gasteiger partial charge in [0.1, 0.15) is 11.6 Å². The molecule has 0 saturated heterocycles. The van der Waals surface area contributed by atoms with Crippen molar-refractivity contribution >= 4 is 29.5 Å². The molecular formula is C24H29FN2O6S. The topological polar surface area (TPSA) is 108 Å². The molecule has 0 aromatic heterocycles. The number of non-ortho nitro benzene ring substituents is 1. The second-order valence-electron chi connectivity index (χ2n) is 7.56. The van der Waals surface area contributed by atoms with Gasteiger partial charge >= 0.3 is 5.97 Å². The van der Waals surface area contributed by atoms with E-state index in [0.717, 1.165) is 43.3 Å². The first-order valence-corrected chi connectivity index (χ1v) is 12.1. The van der Waals surface area contributed by atoms with Crippen LogP contribution in [0.15, 0.2) is 42.5 Å². The highest BCUT2D eigenvalue weighted by molar-refractivity contribution is 7.97. The molecule has 0 fully saturated rings. The molecule has 10 heteroatoms. The van der Waals surface area contributed by atoms with E-state index in [1.165, 1.54) is 37.5 Å². The number of rotatable bonds is 15. The van der Waals surface area contributed by atoms with Gasteiger partial charge in [-0.05, 0) is 36.1 Å². The summed E-state index contributed by atoms with van der Waals surface area (Å²) < 4.78 is 26.8. The molecule has 0 aliphatic heterocycles. The van der Waals surface area contributed by atoms with E-state index >= 15 is 0 Å². The third-order valence-corrected chi connectivity index (χ3v) is 5.63. The minimum absolute atomic E-state index is 0.0398. The normalized spacial score (nSPS) is 10.5. The fraction of sp³-hybridized carbons (Fsp3) is 0.417. The number of nitrogens with zero attached hydrogens (tertiary/aromatic N) is 1. The molecule has 2 rings (SSSR count). The van der Waals surface area contributed by atoms with Gasteiger partial charge in [0.05, 0.1) is 17.1 Å². The van der Waals surface area contributed by atoms with Crippen LogP contribution in [0.3, 0.4) is 0 Å². The van der Waals surface area contributed by atoms with E-state index < -0.39 is 29.2 Å². The molecule has 1 amide bonds. The number of amides is 1. The van der Waals surface area contributed by atoms with Gasteiger partial charge in [-0.3, -0.25) is 19.6 Å². The van der Waals surface area contributed by atoms with E-state index in [4.69, 9.17) is 9.47 Å². The summed E-state index contributed by atoms with van der Waals surface area (Å²) >= 11 is 1.02. The molecule has 0 radical (unpaired) electrons. The van der Waals surface area contributed by atoms with Crippen molar-refractivity contribution in [2.24, 2.45) is 0 Å². The van der Waals surface area contributed by atoms with Crippen LogP contribution in [0.2, 0.25) is 0 Å². The lowest BCUT2D eigenvalue weighted by Gasteiger charge is -2.12. The summed E-state index contributed by atoms with van der Waals surface area (Å²) in [5, 5.41) is 10.9. The van der Waals surface area contributed by atoms with E-state index in [0.29, 0.717) is 12.2 Å². The van der Waals surface area contributed by atoms with Gasteiger partial charge in [-0.25, -0.2) is 9.18 Å². The number of unbranched alkanes of at least 4 members (excludes halogenated alkanes) is 5. The molecule has 0 atom stereocenters. The van der Waals surface area contributed by atoms with Crippen molar-refractivity contribution in [2.75, 3.05) is 13.2 Å². The van der Waals surface area contributed by atoms with E-state index in [1.807, 2.05) is 0 Å². The summed E-state index contributed by atoms with van der Waals surface area (Å²) in [4.78, 5) is 34.9. The molecule has 0 aliphatic carbocycles. The first-order chi connectivity index (χ1) is 16.4. The van der Waals surface area contributed by atoms with Gasteiger partial charge in [-0.2, -0.15) is 0 Å². The van der Waals surface area contributed by atoms with Crippen LogP contribution in [0.1, 0.15) is 61.4 Å². The van der Waals surface area contributed by atoms with Gasteiger partial charge < -0.3 is 9.47 Å². The molecule has 0 unspecified atom stereocenters. The van der Waals surface area contributed by atoms with Gasteiger partial charge in [0.2, 0.25) is 0 Å². The van der Waals surface area contributed by atoms with E-state index in [9.17, 15) is 24.1 Å². The van der Waals surface area contributed by atoms with E-state index in [1.54, 1.807) is 12.1 Å². The van der Waals surface area contributed by atoms with Crippen LogP contribution in [0.5, 0.6) is 5.75 Å². The fourth-order valence-electron chi connectivity index (χ4n) is 3.05. The first-order valence-electron chi connectivity index (χ1n) is 11.1. The Kier molecular flexibility index (Phi) is 11.9. The Labute approximate surface area is 202 Å². The highest BCUT2D eigenvalue weighted by Crippen LogP contribution is 2.22. The third-order valence-electron chi connectivity index (χ3n) is 4.82. The zero-order valence-electron chi connectivity index (χ0n) is 19.1. The van der Waals surface area contributed by atoms with Gasteiger partial charge in [0.25, 0.3) is 11.6 Å². The lowest BCUT2D eigenvalue weighted by molar-refractivity contribution is -0.384. The van der Waals surface area contributed by atoms with Gasteiger partial charge in [0, 0.05) is 24.0 Å². The number of benzene rings is 2. The third kappa shape index (κ3) is 9.78. The summed E-state index contributed by atoms with van der Waals surface area (Å²) in [5.74, 6) is -1.55. The largest absolute Gasteiger partial charge is 0.481 e. The minimum atomic E-state index is -0.615. The number of nitro benzene ring substituents is 1. The zero-order valence-corrected chi connectivity index (χ0v) is 19.9. The van der Waals surface area contributed by atoms with Crippen molar-refractivity contribution in [3.05, 3.63) is 69.5 Å². The van der Waals surface area contributed by atoms with Gasteiger partial charge in [0.15, 0.2) is 6.61 Å². The van der Waals surface area contributed by atoms with Gasteiger partial charge in [-0.15, -0.1) is 0 Å². The lowest BCUT2D eigenvalue weighted by Crippen LogP contribution is -2.20. The molecule has 184 valence electrons. The Morgan fingerprint density at radius 1 is 1.09 bits per heavy atom. The molecule has 2 aromatic rings.